The van der Waals surface area contributed by atoms with Gasteiger partial charge < -0.3 is 15.0 Å². The van der Waals surface area contributed by atoms with Gasteiger partial charge in [-0.2, -0.15) is 0 Å². The molecule has 1 saturated heterocycles. The molecule has 2 heterocycles. The highest BCUT2D eigenvalue weighted by molar-refractivity contribution is 7.99. The number of hydrogen-bond acceptors (Lipinski definition) is 6. The number of rotatable bonds is 8. The summed E-state index contributed by atoms with van der Waals surface area (Å²) in [7, 11) is 1.63. The molecule has 0 spiro atoms. The van der Waals surface area contributed by atoms with Gasteiger partial charge in [0.15, 0.2) is 0 Å². The number of hydrogen-bond donors (Lipinski definition) is 1. The molecular formula is C24H25N3O3S2. The Kier molecular flexibility index (Phi) is 7.44. The number of ether oxygens (including phenoxy) is 1. The summed E-state index contributed by atoms with van der Waals surface area (Å²) in [5.74, 6) is 1.79. The van der Waals surface area contributed by atoms with Crippen LogP contribution >= 0.6 is 23.1 Å². The van der Waals surface area contributed by atoms with E-state index in [1.807, 2.05) is 60.0 Å². The lowest BCUT2D eigenvalue weighted by Gasteiger charge is -2.23. The fourth-order valence-electron chi connectivity index (χ4n) is 3.60. The Labute approximate surface area is 196 Å². The lowest BCUT2D eigenvalue weighted by Crippen LogP contribution is -2.47. The van der Waals surface area contributed by atoms with Crippen LogP contribution in [0, 0.1) is 0 Å². The first-order valence-corrected chi connectivity index (χ1v) is 12.5. The number of nitrogens with one attached hydrogen (secondary N) is 1. The van der Waals surface area contributed by atoms with E-state index in [9.17, 15) is 9.59 Å². The largest absolute Gasteiger partial charge is 0.496 e. The zero-order valence-corrected chi connectivity index (χ0v) is 19.5. The van der Waals surface area contributed by atoms with E-state index in [0.717, 1.165) is 27.6 Å². The van der Waals surface area contributed by atoms with E-state index in [-0.39, 0.29) is 11.8 Å². The van der Waals surface area contributed by atoms with E-state index >= 15 is 0 Å². The molecule has 2 aromatic carbocycles. The van der Waals surface area contributed by atoms with Crippen molar-refractivity contribution in [3.8, 4) is 16.3 Å². The molecule has 1 fully saturated rings. The molecule has 4 rings (SSSR count). The predicted molar refractivity (Wildman–Crippen MR) is 129 cm³/mol. The van der Waals surface area contributed by atoms with Gasteiger partial charge in [0.25, 0.3) is 0 Å². The maximum atomic E-state index is 12.8. The molecule has 166 valence electrons. The second-order valence-electron chi connectivity index (χ2n) is 7.42. The van der Waals surface area contributed by atoms with Crippen LogP contribution in [0.2, 0.25) is 0 Å². The maximum absolute atomic E-state index is 12.8. The van der Waals surface area contributed by atoms with Crippen LogP contribution in [0.3, 0.4) is 0 Å². The molecule has 3 aromatic rings. The number of thiazole rings is 1. The molecule has 6 nitrogen and oxygen atoms in total. The van der Waals surface area contributed by atoms with Crippen LogP contribution in [0.15, 0.2) is 60.0 Å². The van der Waals surface area contributed by atoms with E-state index in [0.29, 0.717) is 31.0 Å². The van der Waals surface area contributed by atoms with Crippen molar-refractivity contribution in [2.24, 2.45) is 0 Å². The predicted octanol–water partition coefficient (Wildman–Crippen LogP) is 3.97. The van der Waals surface area contributed by atoms with Gasteiger partial charge in [-0.1, -0.05) is 48.5 Å². The fourth-order valence-corrected chi connectivity index (χ4v) is 5.60. The highest BCUT2D eigenvalue weighted by Gasteiger charge is 2.34. The van der Waals surface area contributed by atoms with Gasteiger partial charge in [0.1, 0.15) is 16.8 Å². The van der Waals surface area contributed by atoms with Gasteiger partial charge >= 0.3 is 0 Å². The van der Waals surface area contributed by atoms with Gasteiger partial charge in [-0.05, 0) is 18.1 Å². The second-order valence-corrected chi connectivity index (χ2v) is 9.28. The van der Waals surface area contributed by atoms with Crippen molar-refractivity contribution in [1.82, 2.24) is 15.2 Å². The first-order chi connectivity index (χ1) is 15.7. The average Bonchev–Trinajstić information content (AvgIpc) is 3.52. The molecule has 1 unspecified atom stereocenters. The number of methoxy groups -OCH3 is 1. The van der Waals surface area contributed by atoms with Crippen molar-refractivity contribution < 1.29 is 14.3 Å². The Bertz CT molecular complexity index is 1070. The molecule has 0 bridgehead atoms. The molecule has 2 amide bonds. The van der Waals surface area contributed by atoms with Crippen molar-refractivity contribution in [2.45, 2.75) is 25.4 Å². The van der Waals surface area contributed by atoms with Crippen LogP contribution < -0.4 is 10.1 Å². The number of aryl methyl sites for hydroxylation is 1. The number of thioether (sulfide) groups is 1. The third-order valence-electron chi connectivity index (χ3n) is 5.32. The first-order valence-electron chi connectivity index (χ1n) is 10.4. The molecule has 1 atom stereocenters. The van der Waals surface area contributed by atoms with Crippen molar-refractivity contribution in [3.63, 3.8) is 0 Å². The Balaban J connectivity index is 1.31. The standard InChI is InChI=1S/C24H25N3O3S2/c1-30-21-10-6-5-7-17(21)11-12-22(28)27-16-31-15-20(27)23(29)25-13-19-14-32-24(26-19)18-8-3-2-4-9-18/h2-10,14,20H,11-13,15-16H2,1H3,(H,25,29). The highest BCUT2D eigenvalue weighted by atomic mass is 32.2. The van der Waals surface area contributed by atoms with Gasteiger partial charge in [-0.25, -0.2) is 4.98 Å². The number of carbonyl (C=O) groups excluding carboxylic acids is 2. The molecule has 1 aliphatic rings. The quantitative estimate of drug-likeness (QED) is 0.543. The number of aromatic nitrogens is 1. The summed E-state index contributed by atoms with van der Waals surface area (Å²) in [6, 6.07) is 17.2. The van der Waals surface area contributed by atoms with Crippen molar-refractivity contribution >= 4 is 34.9 Å². The molecule has 1 aromatic heterocycles. The Morgan fingerprint density at radius 1 is 1.16 bits per heavy atom. The smallest absolute Gasteiger partial charge is 0.244 e. The number of carbonyl (C=O) groups is 2. The summed E-state index contributed by atoms with van der Waals surface area (Å²) in [5.41, 5.74) is 2.88. The van der Waals surface area contributed by atoms with E-state index in [2.05, 4.69) is 10.3 Å². The molecule has 1 aliphatic heterocycles. The first kappa shape index (κ1) is 22.4. The molecule has 1 N–H and O–H groups in total. The average molecular weight is 468 g/mol. The zero-order chi connectivity index (χ0) is 22.3. The third-order valence-corrected chi connectivity index (χ3v) is 7.27. The molecule has 0 radical (unpaired) electrons. The van der Waals surface area contributed by atoms with Gasteiger partial charge in [-0.3, -0.25) is 9.59 Å². The monoisotopic (exact) mass is 467 g/mol. The lowest BCUT2D eigenvalue weighted by molar-refractivity contribution is -0.138. The van der Waals surface area contributed by atoms with Crippen molar-refractivity contribution in [3.05, 3.63) is 71.2 Å². The van der Waals surface area contributed by atoms with Crippen LogP contribution in [0.1, 0.15) is 17.7 Å². The summed E-state index contributed by atoms with van der Waals surface area (Å²) >= 11 is 3.16. The summed E-state index contributed by atoms with van der Waals surface area (Å²) in [4.78, 5) is 32.0. The Hall–Kier alpha value is -2.84. The van der Waals surface area contributed by atoms with Gasteiger partial charge in [-0.15, -0.1) is 23.1 Å². The molecule has 0 saturated carbocycles. The van der Waals surface area contributed by atoms with Crippen LogP contribution in [-0.2, 0) is 22.6 Å². The summed E-state index contributed by atoms with van der Waals surface area (Å²) in [5, 5.41) is 5.85. The normalized spacial score (nSPS) is 15.5. The minimum Gasteiger partial charge on any atom is -0.496 e. The topological polar surface area (TPSA) is 71.5 Å². The van der Waals surface area contributed by atoms with E-state index in [1.165, 1.54) is 0 Å². The number of amides is 2. The minimum absolute atomic E-state index is 0.0129. The van der Waals surface area contributed by atoms with Crippen LogP contribution in [-0.4, -0.2) is 46.5 Å². The third kappa shape index (κ3) is 5.31. The molecule has 0 aliphatic carbocycles. The van der Waals surface area contributed by atoms with Crippen molar-refractivity contribution in [2.75, 3.05) is 18.7 Å². The van der Waals surface area contributed by atoms with Crippen molar-refractivity contribution in [1.29, 1.82) is 0 Å². The van der Waals surface area contributed by atoms with Crippen LogP contribution in [0.4, 0.5) is 0 Å². The van der Waals surface area contributed by atoms with E-state index in [1.54, 1.807) is 35.1 Å². The minimum atomic E-state index is -0.447. The molecular weight excluding hydrogens is 442 g/mol. The summed E-state index contributed by atoms with van der Waals surface area (Å²) in [6.07, 6.45) is 0.927. The van der Waals surface area contributed by atoms with Crippen LogP contribution in [0.5, 0.6) is 5.75 Å². The maximum Gasteiger partial charge on any atom is 0.244 e. The van der Waals surface area contributed by atoms with Gasteiger partial charge in [0.2, 0.25) is 11.8 Å². The number of nitrogens with zero attached hydrogens (tertiary/aromatic N) is 2. The fraction of sp³-hybridized carbons (Fsp3) is 0.292. The van der Waals surface area contributed by atoms with E-state index in [4.69, 9.17) is 4.74 Å². The number of para-hydroxylation sites is 1. The SMILES string of the molecule is COc1ccccc1CCC(=O)N1CSCC1C(=O)NCc1csc(-c2ccccc2)n1. The van der Waals surface area contributed by atoms with Crippen LogP contribution in [0.25, 0.3) is 10.6 Å². The molecule has 8 heteroatoms. The highest BCUT2D eigenvalue weighted by Crippen LogP contribution is 2.25. The van der Waals surface area contributed by atoms with Gasteiger partial charge in [0, 0.05) is 23.1 Å². The van der Waals surface area contributed by atoms with Gasteiger partial charge in [0.05, 0.1) is 25.2 Å². The molecule has 32 heavy (non-hydrogen) atoms. The lowest BCUT2D eigenvalue weighted by atomic mass is 10.1. The zero-order valence-electron chi connectivity index (χ0n) is 17.8. The summed E-state index contributed by atoms with van der Waals surface area (Å²) < 4.78 is 5.37. The summed E-state index contributed by atoms with van der Waals surface area (Å²) in [6.45, 7) is 0.354. The van der Waals surface area contributed by atoms with E-state index < -0.39 is 6.04 Å². The Morgan fingerprint density at radius 3 is 2.75 bits per heavy atom. The Morgan fingerprint density at radius 2 is 1.94 bits per heavy atom. The number of benzene rings is 2. The second kappa shape index (κ2) is 10.7.